The third-order valence-electron chi connectivity index (χ3n) is 2.41. The van der Waals surface area contributed by atoms with Gasteiger partial charge in [0.05, 0.1) is 11.8 Å². The van der Waals surface area contributed by atoms with E-state index in [-0.39, 0.29) is 17.3 Å². The molecular weight excluding hydrogens is 206 g/mol. The van der Waals surface area contributed by atoms with Gasteiger partial charge in [0.25, 0.3) is 0 Å². The van der Waals surface area contributed by atoms with Crippen LogP contribution in [0.3, 0.4) is 0 Å². The molecule has 0 aliphatic carbocycles. The van der Waals surface area contributed by atoms with E-state index in [1.165, 1.54) is 6.07 Å². The van der Waals surface area contributed by atoms with Crippen molar-refractivity contribution in [2.75, 3.05) is 6.61 Å². The maximum atomic E-state index is 11.1. The van der Waals surface area contributed by atoms with Crippen LogP contribution in [0, 0.1) is 6.92 Å². The highest BCUT2D eigenvalue weighted by molar-refractivity contribution is 5.25. The summed E-state index contributed by atoms with van der Waals surface area (Å²) >= 11 is 0. The van der Waals surface area contributed by atoms with Crippen LogP contribution in [0.5, 0.6) is 5.75 Å². The summed E-state index contributed by atoms with van der Waals surface area (Å²) in [6.45, 7) is 7.16. The molecule has 4 heteroatoms. The molecule has 1 heterocycles. The zero-order valence-corrected chi connectivity index (χ0v) is 10.1. The first-order valence-corrected chi connectivity index (χ1v) is 5.53. The minimum atomic E-state index is -0.327. The van der Waals surface area contributed by atoms with Crippen LogP contribution in [0.2, 0.25) is 0 Å². The van der Waals surface area contributed by atoms with Crippen LogP contribution < -0.4 is 5.43 Å². The molecule has 0 aliphatic heterocycles. The summed E-state index contributed by atoms with van der Waals surface area (Å²) in [6.07, 6.45) is 2.80. The van der Waals surface area contributed by atoms with Crippen molar-refractivity contribution >= 4 is 0 Å². The Bertz CT molecular complexity index is 396. The Labute approximate surface area is 95.5 Å². The molecule has 0 fully saturated rings. The molecule has 0 saturated heterocycles. The summed E-state index contributed by atoms with van der Waals surface area (Å²) < 4.78 is 7.28. The molecule has 16 heavy (non-hydrogen) atoms. The number of hydrogen-bond donors (Lipinski definition) is 1. The van der Waals surface area contributed by atoms with Crippen molar-refractivity contribution < 1.29 is 9.84 Å². The van der Waals surface area contributed by atoms with E-state index in [0.717, 1.165) is 13.0 Å². The fourth-order valence-corrected chi connectivity index (χ4v) is 1.46. The van der Waals surface area contributed by atoms with Gasteiger partial charge >= 0.3 is 0 Å². The zero-order chi connectivity index (χ0) is 12.1. The molecule has 4 nitrogen and oxygen atoms in total. The molecule has 0 amide bonds. The molecule has 90 valence electrons. The maximum Gasteiger partial charge on any atom is 0.223 e. The largest absolute Gasteiger partial charge is 0.503 e. The topological polar surface area (TPSA) is 51.5 Å². The zero-order valence-electron chi connectivity index (χ0n) is 10.1. The standard InChI is InChI=1S/C12H19NO3/c1-9(2)16-8-4-6-13-7-5-11(14)12(15)10(13)3/h5,7,9,15H,4,6,8H2,1-3H3. The quantitative estimate of drug-likeness (QED) is 0.776. The van der Waals surface area contributed by atoms with E-state index in [1.807, 2.05) is 18.4 Å². The summed E-state index contributed by atoms with van der Waals surface area (Å²) in [6, 6.07) is 1.38. The second-order valence-electron chi connectivity index (χ2n) is 4.08. The smallest absolute Gasteiger partial charge is 0.223 e. The van der Waals surface area contributed by atoms with Crippen LogP contribution in [0.1, 0.15) is 26.0 Å². The number of aryl methyl sites for hydroxylation is 1. The molecule has 0 atom stereocenters. The predicted octanol–water partition coefficient (Wildman–Crippen LogP) is 1.68. The van der Waals surface area contributed by atoms with Crippen molar-refractivity contribution in [3.8, 4) is 5.75 Å². The van der Waals surface area contributed by atoms with Crippen LogP contribution in [-0.4, -0.2) is 22.4 Å². The third kappa shape index (κ3) is 3.38. The summed E-state index contributed by atoms with van der Waals surface area (Å²) in [5, 5.41) is 9.47. The van der Waals surface area contributed by atoms with Crippen molar-refractivity contribution in [2.24, 2.45) is 0 Å². The Balaban J connectivity index is 2.55. The number of aromatic nitrogens is 1. The minimum Gasteiger partial charge on any atom is -0.503 e. The first-order valence-electron chi connectivity index (χ1n) is 5.53. The molecule has 1 rings (SSSR count). The summed E-state index contributed by atoms with van der Waals surface area (Å²) in [5.41, 5.74) is 0.282. The van der Waals surface area contributed by atoms with Crippen molar-refractivity contribution in [1.29, 1.82) is 0 Å². The van der Waals surface area contributed by atoms with E-state index in [4.69, 9.17) is 4.74 Å². The van der Waals surface area contributed by atoms with E-state index >= 15 is 0 Å². The van der Waals surface area contributed by atoms with Gasteiger partial charge in [-0.05, 0) is 27.2 Å². The lowest BCUT2D eigenvalue weighted by Crippen LogP contribution is -2.12. The van der Waals surface area contributed by atoms with E-state index in [9.17, 15) is 9.90 Å². The van der Waals surface area contributed by atoms with Gasteiger partial charge in [-0.1, -0.05) is 0 Å². The van der Waals surface area contributed by atoms with Gasteiger partial charge in [0.1, 0.15) is 0 Å². The van der Waals surface area contributed by atoms with E-state index in [2.05, 4.69) is 0 Å². The van der Waals surface area contributed by atoms with E-state index in [1.54, 1.807) is 13.1 Å². The summed E-state index contributed by atoms with van der Waals surface area (Å²) in [4.78, 5) is 11.1. The van der Waals surface area contributed by atoms with Crippen LogP contribution in [0.25, 0.3) is 0 Å². The van der Waals surface area contributed by atoms with Gasteiger partial charge in [0.15, 0.2) is 5.75 Å². The second-order valence-corrected chi connectivity index (χ2v) is 4.08. The number of nitrogens with zero attached hydrogens (tertiary/aromatic N) is 1. The highest BCUT2D eigenvalue weighted by Gasteiger charge is 2.04. The number of rotatable bonds is 5. The van der Waals surface area contributed by atoms with E-state index in [0.29, 0.717) is 12.3 Å². The Hall–Kier alpha value is -1.29. The van der Waals surface area contributed by atoms with Crippen LogP contribution in [0.4, 0.5) is 0 Å². The number of hydrogen-bond acceptors (Lipinski definition) is 3. The van der Waals surface area contributed by atoms with Gasteiger partial charge in [0, 0.05) is 25.4 Å². The lowest BCUT2D eigenvalue weighted by molar-refractivity contribution is 0.0747. The highest BCUT2D eigenvalue weighted by Crippen LogP contribution is 2.09. The first kappa shape index (κ1) is 12.8. The first-order chi connectivity index (χ1) is 7.52. The van der Waals surface area contributed by atoms with Crippen molar-refractivity contribution in [2.45, 2.75) is 39.8 Å². The van der Waals surface area contributed by atoms with Gasteiger partial charge in [-0.25, -0.2) is 0 Å². The average Bonchev–Trinajstić information content (AvgIpc) is 2.23. The SMILES string of the molecule is Cc1c(O)c(=O)ccn1CCCOC(C)C. The normalized spacial score (nSPS) is 11.0. The van der Waals surface area contributed by atoms with Crippen molar-refractivity contribution in [3.63, 3.8) is 0 Å². The molecule has 0 radical (unpaired) electrons. The molecule has 0 aliphatic rings. The number of aromatic hydroxyl groups is 1. The number of pyridine rings is 1. The van der Waals surface area contributed by atoms with Crippen LogP contribution in [0.15, 0.2) is 17.1 Å². The highest BCUT2D eigenvalue weighted by atomic mass is 16.5. The molecule has 0 unspecified atom stereocenters. The molecular formula is C12H19NO3. The monoisotopic (exact) mass is 225 g/mol. The molecule has 1 aromatic heterocycles. The second kappa shape index (κ2) is 5.70. The van der Waals surface area contributed by atoms with Gasteiger partial charge in [0.2, 0.25) is 5.43 Å². The third-order valence-corrected chi connectivity index (χ3v) is 2.41. The summed E-state index contributed by atoms with van der Waals surface area (Å²) in [5.74, 6) is -0.160. The van der Waals surface area contributed by atoms with Gasteiger partial charge in [-0.15, -0.1) is 0 Å². The average molecular weight is 225 g/mol. The Kier molecular flexibility index (Phi) is 4.55. The molecule has 0 spiro atoms. The van der Waals surface area contributed by atoms with Gasteiger partial charge < -0.3 is 14.4 Å². The lowest BCUT2D eigenvalue weighted by Gasteiger charge is -2.12. The molecule has 0 saturated carbocycles. The van der Waals surface area contributed by atoms with Crippen LogP contribution in [-0.2, 0) is 11.3 Å². The fourth-order valence-electron chi connectivity index (χ4n) is 1.46. The fraction of sp³-hybridized carbons (Fsp3) is 0.583. The van der Waals surface area contributed by atoms with Crippen molar-refractivity contribution in [1.82, 2.24) is 4.57 Å². The maximum absolute atomic E-state index is 11.1. The van der Waals surface area contributed by atoms with Crippen molar-refractivity contribution in [3.05, 3.63) is 28.2 Å². The Morgan fingerprint density at radius 1 is 1.50 bits per heavy atom. The number of ether oxygens (including phenoxy) is 1. The molecule has 0 aromatic carbocycles. The molecule has 1 N–H and O–H groups in total. The van der Waals surface area contributed by atoms with E-state index < -0.39 is 0 Å². The van der Waals surface area contributed by atoms with Gasteiger partial charge in [-0.3, -0.25) is 4.79 Å². The Morgan fingerprint density at radius 3 is 2.81 bits per heavy atom. The predicted molar refractivity (Wildman–Crippen MR) is 62.8 cm³/mol. The molecule has 0 bridgehead atoms. The Morgan fingerprint density at radius 2 is 2.19 bits per heavy atom. The molecule has 1 aromatic rings. The minimum absolute atomic E-state index is 0.160. The summed E-state index contributed by atoms with van der Waals surface area (Å²) in [7, 11) is 0. The van der Waals surface area contributed by atoms with Crippen LogP contribution >= 0.6 is 0 Å². The lowest BCUT2D eigenvalue weighted by atomic mass is 10.3. The van der Waals surface area contributed by atoms with Gasteiger partial charge in [-0.2, -0.15) is 0 Å².